The maximum Gasteiger partial charge on any atom is 0.119 e. The topological polar surface area (TPSA) is 67.2 Å². The van der Waals surface area contributed by atoms with Gasteiger partial charge in [-0.3, -0.25) is 4.98 Å². The average molecular weight is 333 g/mol. The second-order valence-electron chi connectivity index (χ2n) is 5.52. The molecule has 0 bridgehead atoms. The minimum Gasteiger partial charge on any atom is -0.491 e. The SMILES string of the molecule is COCCOc1cccc(CNc2c(C#N)cnc3ccccc23)c1. The van der Waals surface area contributed by atoms with Gasteiger partial charge in [0.1, 0.15) is 18.4 Å². The van der Waals surface area contributed by atoms with E-state index in [9.17, 15) is 5.26 Å². The van der Waals surface area contributed by atoms with Crippen LogP contribution in [0.25, 0.3) is 10.9 Å². The van der Waals surface area contributed by atoms with Crippen molar-refractivity contribution in [3.05, 3.63) is 65.9 Å². The Morgan fingerprint density at radius 2 is 2.00 bits per heavy atom. The second-order valence-corrected chi connectivity index (χ2v) is 5.52. The molecule has 1 aromatic heterocycles. The van der Waals surface area contributed by atoms with Crippen LogP contribution in [0.3, 0.4) is 0 Å². The van der Waals surface area contributed by atoms with Gasteiger partial charge in [-0.1, -0.05) is 30.3 Å². The van der Waals surface area contributed by atoms with E-state index in [-0.39, 0.29) is 0 Å². The molecular formula is C20H19N3O2. The standard InChI is InChI=1S/C20H19N3O2/c1-24-9-10-25-17-6-4-5-15(11-17)13-23-20-16(12-21)14-22-19-8-3-2-7-18(19)20/h2-8,11,14H,9-10,13H2,1H3,(H,22,23). The van der Waals surface area contributed by atoms with Gasteiger partial charge in [-0.25, -0.2) is 0 Å². The number of nitriles is 1. The molecule has 1 N–H and O–H groups in total. The van der Waals surface area contributed by atoms with Crippen molar-refractivity contribution in [1.29, 1.82) is 5.26 Å². The number of para-hydroxylation sites is 1. The average Bonchev–Trinajstić information content (AvgIpc) is 2.66. The third-order valence-electron chi connectivity index (χ3n) is 3.82. The van der Waals surface area contributed by atoms with Crippen molar-refractivity contribution >= 4 is 16.6 Å². The zero-order valence-electron chi connectivity index (χ0n) is 14.0. The molecule has 5 nitrogen and oxygen atoms in total. The number of rotatable bonds is 7. The Kier molecular flexibility index (Phi) is 5.45. The molecule has 0 aliphatic heterocycles. The molecule has 25 heavy (non-hydrogen) atoms. The zero-order chi connectivity index (χ0) is 17.5. The lowest BCUT2D eigenvalue weighted by atomic mass is 10.1. The van der Waals surface area contributed by atoms with Crippen LogP contribution in [-0.4, -0.2) is 25.3 Å². The van der Waals surface area contributed by atoms with Crippen molar-refractivity contribution in [3.63, 3.8) is 0 Å². The molecule has 3 aromatic rings. The first-order valence-electron chi connectivity index (χ1n) is 8.04. The van der Waals surface area contributed by atoms with E-state index < -0.39 is 0 Å². The largest absolute Gasteiger partial charge is 0.491 e. The fraction of sp³-hybridized carbons (Fsp3) is 0.200. The van der Waals surface area contributed by atoms with Crippen LogP contribution in [0.15, 0.2) is 54.7 Å². The molecule has 0 amide bonds. The summed E-state index contributed by atoms with van der Waals surface area (Å²) < 4.78 is 10.6. The first-order valence-corrected chi connectivity index (χ1v) is 8.04. The van der Waals surface area contributed by atoms with Crippen LogP contribution >= 0.6 is 0 Å². The van der Waals surface area contributed by atoms with E-state index in [2.05, 4.69) is 16.4 Å². The first-order chi connectivity index (χ1) is 12.3. The summed E-state index contributed by atoms with van der Waals surface area (Å²) in [5.74, 6) is 0.802. The van der Waals surface area contributed by atoms with Crippen molar-refractivity contribution in [2.45, 2.75) is 6.54 Å². The number of nitrogens with zero attached hydrogens (tertiary/aromatic N) is 2. The Bertz CT molecular complexity index is 903. The van der Waals surface area contributed by atoms with E-state index in [0.29, 0.717) is 25.3 Å². The number of anilines is 1. The molecule has 0 saturated carbocycles. The van der Waals surface area contributed by atoms with Gasteiger partial charge in [0, 0.05) is 25.2 Å². The fourth-order valence-electron chi connectivity index (χ4n) is 2.60. The molecular weight excluding hydrogens is 314 g/mol. The van der Waals surface area contributed by atoms with Gasteiger partial charge in [-0.05, 0) is 23.8 Å². The van der Waals surface area contributed by atoms with Gasteiger partial charge in [0.25, 0.3) is 0 Å². The second kappa shape index (κ2) is 8.13. The summed E-state index contributed by atoms with van der Waals surface area (Å²) in [6.45, 7) is 1.65. The molecule has 0 unspecified atom stereocenters. The molecule has 1 heterocycles. The fourth-order valence-corrected chi connectivity index (χ4v) is 2.60. The number of hydrogen-bond acceptors (Lipinski definition) is 5. The molecule has 5 heteroatoms. The third kappa shape index (κ3) is 4.06. The van der Waals surface area contributed by atoms with Gasteiger partial charge < -0.3 is 14.8 Å². The van der Waals surface area contributed by atoms with Gasteiger partial charge in [-0.2, -0.15) is 5.26 Å². The van der Waals surface area contributed by atoms with Gasteiger partial charge in [-0.15, -0.1) is 0 Å². The number of methoxy groups -OCH3 is 1. The molecule has 0 saturated heterocycles. The molecule has 0 aliphatic rings. The van der Waals surface area contributed by atoms with Crippen LogP contribution in [0.1, 0.15) is 11.1 Å². The lowest BCUT2D eigenvalue weighted by Crippen LogP contribution is -2.06. The summed E-state index contributed by atoms with van der Waals surface area (Å²) in [7, 11) is 1.65. The molecule has 3 rings (SSSR count). The predicted octanol–water partition coefficient (Wildman–Crippen LogP) is 3.74. The van der Waals surface area contributed by atoms with Gasteiger partial charge in [0.2, 0.25) is 0 Å². The third-order valence-corrected chi connectivity index (χ3v) is 3.82. The zero-order valence-corrected chi connectivity index (χ0v) is 14.0. The quantitative estimate of drug-likeness (QED) is 0.667. The van der Waals surface area contributed by atoms with E-state index in [0.717, 1.165) is 27.9 Å². The molecule has 2 aromatic carbocycles. The highest BCUT2D eigenvalue weighted by atomic mass is 16.5. The maximum atomic E-state index is 9.38. The predicted molar refractivity (Wildman–Crippen MR) is 97.6 cm³/mol. The van der Waals surface area contributed by atoms with Crippen molar-refractivity contribution in [2.75, 3.05) is 25.6 Å². The number of pyridine rings is 1. The van der Waals surface area contributed by atoms with Crippen LogP contribution in [0, 0.1) is 11.3 Å². The maximum absolute atomic E-state index is 9.38. The Morgan fingerprint density at radius 3 is 2.84 bits per heavy atom. The summed E-state index contributed by atoms with van der Waals surface area (Å²) in [6, 6.07) is 17.9. The van der Waals surface area contributed by atoms with E-state index in [1.165, 1.54) is 0 Å². The van der Waals surface area contributed by atoms with Gasteiger partial charge in [0.05, 0.1) is 23.4 Å². The smallest absolute Gasteiger partial charge is 0.119 e. The lowest BCUT2D eigenvalue weighted by molar-refractivity contribution is 0.146. The van der Waals surface area contributed by atoms with Crippen molar-refractivity contribution in [3.8, 4) is 11.8 Å². The summed E-state index contributed by atoms with van der Waals surface area (Å²) >= 11 is 0. The molecule has 0 aliphatic carbocycles. The van der Waals surface area contributed by atoms with E-state index >= 15 is 0 Å². The molecule has 0 atom stereocenters. The number of hydrogen-bond donors (Lipinski definition) is 1. The van der Waals surface area contributed by atoms with Crippen molar-refractivity contribution < 1.29 is 9.47 Å². The van der Waals surface area contributed by atoms with E-state index in [1.54, 1.807) is 13.3 Å². The Balaban J connectivity index is 1.79. The van der Waals surface area contributed by atoms with Crippen molar-refractivity contribution in [1.82, 2.24) is 4.98 Å². The molecule has 0 radical (unpaired) electrons. The summed E-state index contributed by atoms with van der Waals surface area (Å²) in [4.78, 5) is 4.33. The monoisotopic (exact) mass is 333 g/mol. The van der Waals surface area contributed by atoms with Gasteiger partial charge in [0.15, 0.2) is 0 Å². The number of aromatic nitrogens is 1. The Hall–Kier alpha value is -3.10. The number of nitrogens with one attached hydrogen (secondary N) is 1. The highest BCUT2D eigenvalue weighted by Gasteiger charge is 2.08. The highest BCUT2D eigenvalue weighted by Crippen LogP contribution is 2.26. The highest BCUT2D eigenvalue weighted by molar-refractivity contribution is 5.93. The molecule has 0 fully saturated rings. The van der Waals surface area contributed by atoms with E-state index in [1.807, 2.05) is 48.5 Å². The minimum absolute atomic E-state index is 0.515. The normalized spacial score (nSPS) is 10.4. The van der Waals surface area contributed by atoms with Crippen LogP contribution < -0.4 is 10.1 Å². The van der Waals surface area contributed by atoms with Crippen LogP contribution in [-0.2, 0) is 11.3 Å². The van der Waals surface area contributed by atoms with Crippen molar-refractivity contribution in [2.24, 2.45) is 0 Å². The summed E-state index contributed by atoms with van der Waals surface area (Å²) in [6.07, 6.45) is 1.61. The van der Waals surface area contributed by atoms with Crippen LogP contribution in [0.4, 0.5) is 5.69 Å². The Morgan fingerprint density at radius 1 is 1.12 bits per heavy atom. The number of ether oxygens (including phenoxy) is 2. The lowest BCUT2D eigenvalue weighted by Gasteiger charge is -2.12. The van der Waals surface area contributed by atoms with E-state index in [4.69, 9.17) is 9.47 Å². The first kappa shape index (κ1) is 16.7. The Labute approximate surface area is 146 Å². The van der Waals surface area contributed by atoms with Gasteiger partial charge >= 0.3 is 0 Å². The summed E-state index contributed by atoms with van der Waals surface area (Å²) in [5, 5.41) is 13.7. The number of benzene rings is 2. The number of fused-ring (bicyclic) bond motifs is 1. The van der Waals surface area contributed by atoms with Crippen LogP contribution in [0.2, 0.25) is 0 Å². The summed E-state index contributed by atoms with van der Waals surface area (Å²) in [5.41, 5.74) is 3.27. The molecule has 0 spiro atoms. The minimum atomic E-state index is 0.515. The molecule has 126 valence electrons. The van der Waals surface area contributed by atoms with Crippen LogP contribution in [0.5, 0.6) is 5.75 Å².